The van der Waals surface area contributed by atoms with Gasteiger partial charge in [-0.3, -0.25) is 0 Å². The molecule has 0 aliphatic carbocycles. The molecular weight excluding hydrogens is 234 g/mol. The van der Waals surface area contributed by atoms with E-state index in [0.717, 1.165) is 16.7 Å². The molecule has 19 heavy (non-hydrogen) atoms. The quantitative estimate of drug-likeness (QED) is 0.756. The first-order valence-corrected chi connectivity index (χ1v) is 6.62. The molecule has 97 valence electrons. The maximum absolute atomic E-state index is 12.9. The lowest BCUT2D eigenvalue weighted by atomic mass is 9.85. The lowest BCUT2D eigenvalue weighted by Gasteiger charge is -2.35. The van der Waals surface area contributed by atoms with Crippen LogP contribution in [0.25, 0.3) is 0 Å². The Bertz CT molecular complexity index is 606. The summed E-state index contributed by atoms with van der Waals surface area (Å²) in [6.07, 6.45) is 0. The second-order valence-electron chi connectivity index (χ2n) is 5.84. The lowest BCUT2D eigenvalue weighted by molar-refractivity contribution is -0.259. The summed E-state index contributed by atoms with van der Waals surface area (Å²) in [6, 6.07) is 18.2. The van der Waals surface area contributed by atoms with Crippen LogP contribution in [0.4, 0.5) is 0 Å². The summed E-state index contributed by atoms with van der Waals surface area (Å²) in [5.41, 5.74) is 2.17. The Morgan fingerprint density at radius 2 is 1.32 bits per heavy atom. The molecule has 0 N–H and O–H groups in total. The van der Waals surface area contributed by atoms with E-state index in [4.69, 9.17) is 0 Å². The number of hydroxylamine groups is 2. The van der Waals surface area contributed by atoms with Crippen LogP contribution < -0.4 is 0 Å². The second kappa shape index (κ2) is 3.92. The molecule has 0 amide bonds. The summed E-state index contributed by atoms with van der Waals surface area (Å²) in [4.78, 5) is 0. The van der Waals surface area contributed by atoms with Crippen LogP contribution in [0.3, 0.4) is 0 Å². The summed E-state index contributed by atoms with van der Waals surface area (Å²) >= 11 is 0. The molecule has 0 bridgehead atoms. The molecule has 0 fully saturated rings. The fourth-order valence-corrected chi connectivity index (χ4v) is 3.25. The number of benzene rings is 2. The van der Waals surface area contributed by atoms with Crippen molar-refractivity contribution in [3.8, 4) is 0 Å². The van der Waals surface area contributed by atoms with Crippen molar-refractivity contribution in [1.82, 2.24) is 5.06 Å². The molecule has 1 radical (unpaired) electrons. The van der Waals surface area contributed by atoms with E-state index in [2.05, 4.69) is 12.1 Å². The Kier molecular flexibility index (Phi) is 2.56. The predicted molar refractivity (Wildman–Crippen MR) is 74.9 cm³/mol. The number of hydrogen-bond acceptors (Lipinski definition) is 1. The minimum atomic E-state index is -0.610. The standard InChI is InChI=1S/C17H18NO/c1-16(2)14-11-7-8-12-15(14)17(3,18(16)19)13-9-5-4-6-10-13/h4-12H,1-3H3. The van der Waals surface area contributed by atoms with Crippen molar-refractivity contribution in [2.45, 2.75) is 31.8 Å². The molecule has 2 aromatic rings. The molecule has 1 unspecified atom stereocenters. The highest BCUT2D eigenvalue weighted by Gasteiger charge is 2.53. The Hall–Kier alpha value is -1.64. The molecule has 2 aromatic carbocycles. The topological polar surface area (TPSA) is 23.1 Å². The summed E-state index contributed by atoms with van der Waals surface area (Å²) in [5, 5.41) is 14.2. The van der Waals surface area contributed by atoms with Gasteiger partial charge in [-0.15, -0.1) is 10.3 Å². The van der Waals surface area contributed by atoms with Crippen molar-refractivity contribution in [2.24, 2.45) is 0 Å². The van der Waals surface area contributed by atoms with Crippen LogP contribution in [0.5, 0.6) is 0 Å². The van der Waals surface area contributed by atoms with Gasteiger partial charge in [0.05, 0.1) is 11.1 Å². The van der Waals surface area contributed by atoms with E-state index in [-0.39, 0.29) is 0 Å². The average Bonchev–Trinajstić information content (AvgIpc) is 2.61. The maximum atomic E-state index is 12.9. The predicted octanol–water partition coefficient (Wildman–Crippen LogP) is 3.85. The summed E-state index contributed by atoms with van der Waals surface area (Å²) in [7, 11) is 0. The molecule has 3 rings (SSSR count). The molecule has 1 aliphatic heterocycles. The fraction of sp³-hybridized carbons (Fsp3) is 0.294. The zero-order chi connectivity index (χ0) is 13.7. The molecular formula is C17H18NO. The Labute approximate surface area is 114 Å². The largest absolute Gasteiger partial charge is 0.130 e. The van der Waals surface area contributed by atoms with Crippen LogP contribution in [-0.2, 0) is 16.3 Å². The van der Waals surface area contributed by atoms with Gasteiger partial charge in [-0.2, -0.15) is 0 Å². The smallest absolute Gasteiger partial charge is 0.0976 e. The first kappa shape index (κ1) is 12.4. The van der Waals surface area contributed by atoms with E-state index in [1.54, 1.807) is 0 Å². The van der Waals surface area contributed by atoms with Gasteiger partial charge in [0.25, 0.3) is 0 Å². The van der Waals surface area contributed by atoms with Gasteiger partial charge < -0.3 is 0 Å². The third-order valence-corrected chi connectivity index (χ3v) is 4.36. The van der Waals surface area contributed by atoms with Crippen LogP contribution in [-0.4, -0.2) is 5.06 Å². The van der Waals surface area contributed by atoms with Crippen LogP contribution in [0.15, 0.2) is 54.6 Å². The van der Waals surface area contributed by atoms with E-state index < -0.39 is 11.1 Å². The van der Waals surface area contributed by atoms with Gasteiger partial charge in [0.15, 0.2) is 0 Å². The van der Waals surface area contributed by atoms with Crippen molar-refractivity contribution >= 4 is 0 Å². The molecule has 0 saturated heterocycles. The van der Waals surface area contributed by atoms with Crippen LogP contribution in [0.1, 0.15) is 37.5 Å². The van der Waals surface area contributed by atoms with Crippen molar-refractivity contribution in [3.05, 3.63) is 71.3 Å². The Balaban J connectivity index is 2.29. The van der Waals surface area contributed by atoms with Crippen LogP contribution in [0, 0.1) is 0 Å². The van der Waals surface area contributed by atoms with Gasteiger partial charge in [-0.1, -0.05) is 54.6 Å². The maximum Gasteiger partial charge on any atom is 0.0976 e. The number of rotatable bonds is 1. The van der Waals surface area contributed by atoms with E-state index >= 15 is 0 Å². The summed E-state index contributed by atoms with van der Waals surface area (Å²) in [6.45, 7) is 6.00. The van der Waals surface area contributed by atoms with Gasteiger partial charge in [0.1, 0.15) is 0 Å². The number of nitrogens with zero attached hydrogens (tertiary/aromatic N) is 1. The average molecular weight is 252 g/mol. The highest BCUT2D eigenvalue weighted by Crippen LogP contribution is 2.51. The van der Waals surface area contributed by atoms with E-state index in [0.29, 0.717) is 0 Å². The molecule has 0 saturated carbocycles. The molecule has 1 aliphatic rings. The first-order valence-electron chi connectivity index (χ1n) is 6.62. The van der Waals surface area contributed by atoms with Gasteiger partial charge in [0.2, 0.25) is 0 Å². The Morgan fingerprint density at radius 3 is 1.95 bits per heavy atom. The molecule has 0 spiro atoms. The summed E-state index contributed by atoms with van der Waals surface area (Å²) in [5.74, 6) is 0. The van der Waals surface area contributed by atoms with Crippen LogP contribution in [0.2, 0.25) is 0 Å². The van der Waals surface area contributed by atoms with Gasteiger partial charge >= 0.3 is 0 Å². The van der Waals surface area contributed by atoms with Crippen molar-refractivity contribution < 1.29 is 5.21 Å². The third-order valence-electron chi connectivity index (χ3n) is 4.36. The second-order valence-corrected chi connectivity index (χ2v) is 5.84. The molecule has 2 heteroatoms. The van der Waals surface area contributed by atoms with Crippen molar-refractivity contribution in [3.63, 3.8) is 0 Å². The normalized spacial score (nSPS) is 25.3. The molecule has 1 heterocycles. The first-order chi connectivity index (χ1) is 8.99. The summed E-state index contributed by atoms with van der Waals surface area (Å²) < 4.78 is 0. The SMILES string of the molecule is CC1(C)c2ccccc2C(C)(c2ccccc2)N1[O]. The van der Waals surface area contributed by atoms with E-state index in [9.17, 15) is 5.21 Å². The van der Waals surface area contributed by atoms with E-state index in [1.807, 2.05) is 63.2 Å². The molecule has 2 nitrogen and oxygen atoms in total. The van der Waals surface area contributed by atoms with Gasteiger partial charge in [-0.05, 0) is 37.5 Å². The number of fused-ring (bicyclic) bond motifs is 1. The van der Waals surface area contributed by atoms with Crippen molar-refractivity contribution in [1.29, 1.82) is 0 Å². The minimum Gasteiger partial charge on any atom is -0.130 e. The molecule has 1 atom stereocenters. The Morgan fingerprint density at radius 1 is 0.789 bits per heavy atom. The number of hydrogen-bond donors (Lipinski definition) is 0. The van der Waals surface area contributed by atoms with E-state index in [1.165, 1.54) is 5.06 Å². The van der Waals surface area contributed by atoms with Crippen molar-refractivity contribution in [2.75, 3.05) is 0 Å². The zero-order valence-corrected chi connectivity index (χ0v) is 11.6. The minimum absolute atomic E-state index is 0.499. The highest BCUT2D eigenvalue weighted by molar-refractivity contribution is 5.49. The lowest BCUT2D eigenvalue weighted by Crippen LogP contribution is -2.44. The van der Waals surface area contributed by atoms with Gasteiger partial charge in [-0.25, -0.2) is 0 Å². The molecule has 0 aromatic heterocycles. The third kappa shape index (κ3) is 1.50. The fourth-order valence-electron chi connectivity index (χ4n) is 3.25. The monoisotopic (exact) mass is 252 g/mol. The van der Waals surface area contributed by atoms with Crippen LogP contribution >= 0.6 is 0 Å². The van der Waals surface area contributed by atoms with Gasteiger partial charge in [0, 0.05) is 0 Å². The highest BCUT2D eigenvalue weighted by atomic mass is 16.5. The zero-order valence-electron chi connectivity index (χ0n) is 11.6.